The molecule has 1 saturated heterocycles. The van der Waals surface area contributed by atoms with Crippen LogP contribution in [0.1, 0.15) is 25.9 Å². The van der Waals surface area contributed by atoms with Gasteiger partial charge in [0.05, 0.1) is 5.01 Å². The zero-order chi connectivity index (χ0) is 16.4. The Morgan fingerprint density at radius 2 is 1.61 bits per heavy atom. The van der Waals surface area contributed by atoms with Crippen LogP contribution in [0, 0.1) is 6.92 Å². The van der Waals surface area contributed by atoms with Crippen molar-refractivity contribution in [3.63, 3.8) is 0 Å². The molecular weight excluding hydrogens is 334 g/mol. The first kappa shape index (κ1) is 16.0. The molecule has 0 bridgehead atoms. The fourth-order valence-electron chi connectivity index (χ4n) is 2.51. The van der Waals surface area contributed by atoms with Crippen molar-refractivity contribution in [2.75, 3.05) is 26.2 Å². The molecule has 0 spiro atoms. The molecule has 0 radical (unpaired) electrons. The van der Waals surface area contributed by atoms with Crippen LogP contribution in [0.3, 0.4) is 0 Å². The lowest BCUT2D eigenvalue weighted by Gasteiger charge is -2.34. The van der Waals surface area contributed by atoms with Gasteiger partial charge in [-0.3, -0.25) is 9.59 Å². The van der Waals surface area contributed by atoms with Crippen molar-refractivity contribution in [3.8, 4) is 0 Å². The number of halogens is 1. The normalized spacial score (nSPS) is 14.9. The first-order chi connectivity index (χ1) is 11.0. The molecule has 1 fully saturated rings. The zero-order valence-corrected chi connectivity index (χ0v) is 14.2. The summed E-state index contributed by atoms with van der Waals surface area (Å²) in [6.07, 6.45) is 0. The average Bonchev–Trinajstić information content (AvgIpc) is 3.01. The number of benzene rings is 1. The second kappa shape index (κ2) is 6.68. The number of rotatable bonds is 2. The standard InChI is InChI=1S/C16H16ClN3O2S/c1-11-18-14(10-23-11)16(22)20-8-6-19(7-9-20)15(21)12-2-4-13(17)5-3-12/h2-5,10H,6-9H2,1H3. The molecule has 23 heavy (non-hydrogen) atoms. The van der Waals surface area contributed by atoms with Gasteiger partial charge in [0, 0.05) is 42.1 Å². The van der Waals surface area contributed by atoms with Gasteiger partial charge >= 0.3 is 0 Å². The maximum atomic E-state index is 12.4. The zero-order valence-electron chi connectivity index (χ0n) is 12.7. The summed E-state index contributed by atoms with van der Waals surface area (Å²) in [5.41, 5.74) is 1.11. The summed E-state index contributed by atoms with van der Waals surface area (Å²) < 4.78 is 0. The molecule has 1 aliphatic heterocycles. The summed E-state index contributed by atoms with van der Waals surface area (Å²) in [5, 5.41) is 3.27. The van der Waals surface area contributed by atoms with Gasteiger partial charge in [-0.05, 0) is 31.2 Å². The van der Waals surface area contributed by atoms with Gasteiger partial charge in [-0.25, -0.2) is 4.98 Å². The van der Waals surface area contributed by atoms with Gasteiger partial charge in [-0.1, -0.05) is 11.6 Å². The van der Waals surface area contributed by atoms with Gasteiger partial charge < -0.3 is 9.80 Å². The van der Waals surface area contributed by atoms with Crippen molar-refractivity contribution in [2.24, 2.45) is 0 Å². The summed E-state index contributed by atoms with van der Waals surface area (Å²) in [6.45, 7) is 3.97. The van der Waals surface area contributed by atoms with E-state index in [9.17, 15) is 9.59 Å². The lowest BCUT2D eigenvalue weighted by molar-refractivity contribution is 0.0532. The van der Waals surface area contributed by atoms with Crippen LogP contribution in [0.2, 0.25) is 5.02 Å². The third-order valence-corrected chi connectivity index (χ3v) is 4.81. The van der Waals surface area contributed by atoms with E-state index in [0.29, 0.717) is 42.5 Å². The van der Waals surface area contributed by atoms with Gasteiger partial charge in [0.15, 0.2) is 0 Å². The van der Waals surface area contributed by atoms with Crippen molar-refractivity contribution >= 4 is 34.8 Å². The van der Waals surface area contributed by atoms with Gasteiger partial charge in [0.1, 0.15) is 5.69 Å². The first-order valence-electron chi connectivity index (χ1n) is 7.31. The van der Waals surface area contributed by atoms with Gasteiger partial charge in [0.2, 0.25) is 0 Å². The molecule has 1 aromatic carbocycles. The van der Waals surface area contributed by atoms with E-state index < -0.39 is 0 Å². The minimum Gasteiger partial charge on any atom is -0.335 e. The lowest BCUT2D eigenvalue weighted by Crippen LogP contribution is -2.50. The predicted molar refractivity (Wildman–Crippen MR) is 90.1 cm³/mol. The third kappa shape index (κ3) is 3.54. The highest BCUT2D eigenvalue weighted by Crippen LogP contribution is 2.15. The Kier molecular flexibility index (Phi) is 4.63. The van der Waals surface area contributed by atoms with Crippen LogP contribution in [-0.2, 0) is 0 Å². The Bertz CT molecular complexity index is 721. The first-order valence-corrected chi connectivity index (χ1v) is 8.56. The van der Waals surface area contributed by atoms with Crippen LogP contribution in [0.25, 0.3) is 0 Å². The molecule has 7 heteroatoms. The Morgan fingerprint density at radius 1 is 1.04 bits per heavy atom. The molecule has 0 N–H and O–H groups in total. The van der Waals surface area contributed by atoms with E-state index in [0.717, 1.165) is 5.01 Å². The third-order valence-electron chi connectivity index (χ3n) is 3.78. The molecule has 0 unspecified atom stereocenters. The number of nitrogens with zero attached hydrogens (tertiary/aromatic N) is 3. The topological polar surface area (TPSA) is 53.5 Å². The molecule has 2 heterocycles. The molecular formula is C16H16ClN3O2S. The molecule has 1 aliphatic rings. The summed E-state index contributed by atoms with van der Waals surface area (Å²) in [4.78, 5) is 32.5. The minimum absolute atomic E-state index is 0.0294. The molecule has 0 atom stereocenters. The number of carbonyl (C=O) groups excluding carboxylic acids is 2. The van der Waals surface area contributed by atoms with Crippen molar-refractivity contribution < 1.29 is 9.59 Å². The number of amides is 2. The van der Waals surface area contributed by atoms with Crippen molar-refractivity contribution in [1.82, 2.24) is 14.8 Å². The molecule has 5 nitrogen and oxygen atoms in total. The van der Waals surface area contributed by atoms with E-state index in [1.807, 2.05) is 6.92 Å². The Morgan fingerprint density at radius 3 is 2.13 bits per heavy atom. The number of hydrogen-bond acceptors (Lipinski definition) is 4. The highest BCUT2D eigenvalue weighted by Gasteiger charge is 2.26. The molecule has 2 aromatic rings. The Labute approximate surface area is 143 Å². The van der Waals surface area contributed by atoms with E-state index in [1.54, 1.807) is 39.4 Å². The molecule has 0 saturated carbocycles. The number of thiazole rings is 1. The molecule has 3 rings (SSSR count). The monoisotopic (exact) mass is 349 g/mol. The van der Waals surface area contributed by atoms with Gasteiger partial charge in [-0.15, -0.1) is 11.3 Å². The fraction of sp³-hybridized carbons (Fsp3) is 0.312. The molecule has 2 amide bonds. The van der Waals surface area contributed by atoms with Crippen LogP contribution in [0.15, 0.2) is 29.6 Å². The predicted octanol–water partition coefficient (Wildman–Crippen LogP) is 2.70. The van der Waals surface area contributed by atoms with E-state index in [-0.39, 0.29) is 11.8 Å². The smallest absolute Gasteiger partial charge is 0.273 e. The number of hydrogen-bond donors (Lipinski definition) is 0. The van der Waals surface area contributed by atoms with Crippen molar-refractivity contribution in [2.45, 2.75) is 6.92 Å². The van der Waals surface area contributed by atoms with Crippen LogP contribution < -0.4 is 0 Å². The van der Waals surface area contributed by atoms with Crippen LogP contribution in [0.5, 0.6) is 0 Å². The number of carbonyl (C=O) groups is 2. The molecule has 1 aromatic heterocycles. The minimum atomic E-state index is -0.0621. The maximum absolute atomic E-state index is 12.4. The highest BCUT2D eigenvalue weighted by molar-refractivity contribution is 7.09. The molecule has 120 valence electrons. The summed E-state index contributed by atoms with van der Waals surface area (Å²) >= 11 is 7.31. The largest absolute Gasteiger partial charge is 0.335 e. The number of aromatic nitrogens is 1. The highest BCUT2D eigenvalue weighted by atomic mass is 35.5. The van der Waals surface area contributed by atoms with Gasteiger partial charge in [-0.2, -0.15) is 0 Å². The Hall–Kier alpha value is -1.92. The van der Waals surface area contributed by atoms with Crippen LogP contribution in [-0.4, -0.2) is 52.8 Å². The Balaban J connectivity index is 1.61. The average molecular weight is 350 g/mol. The summed E-state index contributed by atoms with van der Waals surface area (Å²) in [7, 11) is 0. The summed E-state index contributed by atoms with van der Waals surface area (Å²) in [5.74, 6) is -0.0915. The second-order valence-electron chi connectivity index (χ2n) is 5.34. The van der Waals surface area contributed by atoms with Crippen molar-refractivity contribution in [1.29, 1.82) is 0 Å². The van der Waals surface area contributed by atoms with Crippen LogP contribution in [0.4, 0.5) is 0 Å². The van der Waals surface area contributed by atoms with Crippen LogP contribution >= 0.6 is 22.9 Å². The fourth-order valence-corrected chi connectivity index (χ4v) is 3.22. The van der Waals surface area contributed by atoms with E-state index in [4.69, 9.17) is 11.6 Å². The quantitative estimate of drug-likeness (QED) is 0.837. The van der Waals surface area contributed by atoms with E-state index in [2.05, 4.69) is 4.98 Å². The van der Waals surface area contributed by atoms with E-state index >= 15 is 0 Å². The molecule has 0 aliphatic carbocycles. The summed E-state index contributed by atoms with van der Waals surface area (Å²) in [6, 6.07) is 6.86. The SMILES string of the molecule is Cc1nc(C(=O)N2CCN(C(=O)c3ccc(Cl)cc3)CC2)cs1. The van der Waals surface area contributed by atoms with Crippen molar-refractivity contribution in [3.05, 3.63) is 50.9 Å². The van der Waals surface area contributed by atoms with E-state index in [1.165, 1.54) is 11.3 Å². The number of piperazine rings is 1. The lowest BCUT2D eigenvalue weighted by atomic mass is 10.2. The maximum Gasteiger partial charge on any atom is 0.273 e. The number of aryl methyl sites for hydroxylation is 1. The second-order valence-corrected chi connectivity index (χ2v) is 6.84. The van der Waals surface area contributed by atoms with Gasteiger partial charge in [0.25, 0.3) is 11.8 Å².